The number of carboxylic acid groups (broad SMARTS) is 1. The quantitative estimate of drug-likeness (QED) is 0.253. The minimum absolute atomic E-state index is 0.0528. The number of ether oxygens (including phenoxy) is 2. The van der Waals surface area contributed by atoms with E-state index in [1.807, 2.05) is 26.0 Å². The van der Waals surface area contributed by atoms with Crippen LogP contribution in [0.4, 0.5) is 4.79 Å². The molecular formula is C35H43N5O9. The average Bonchev–Trinajstić information content (AvgIpc) is 3.81. The van der Waals surface area contributed by atoms with Gasteiger partial charge in [0.15, 0.2) is 6.61 Å². The molecule has 14 heteroatoms. The van der Waals surface area contributed by atoms with Gasteiger partial charge < -0.3 is 39.0 Å². The van der Waals surface area contributed by atoms with Crippen molar-refractivity contribution in [2.24, 2.45) is 0 Å². The second kappa shape index (κ2) is 16.3. The second-order valence-electron chi connectivity index (χ2n) is 12.3. The number of likely N-dealkylation sites (tertiary alicyclic amines) is 1. The number of benzene rings is 1. The van der Waals surface area contributed by atoms with Crippen LogP contribution >= 0.6 is 0 Å². The van der Waals surface area contributed by atoms with E-state index < -0.39 is 29.9 Å². The first-order chi connectivity index (χ1) is 23.6. The molecule has 4 amide bonds. The van der Waals surface area contributed by atoms with Gasteiger partial charge in [0.25, 0.3) is 11.8 Å². The first-order valence-corrected chi connectivity index (χ1v) is 16.7. The molecule has 2 N–H and O–H groups in total. The summed E-state index contributed by atoms with van der Waals surface area (Å²) in [5.74, 6) is -1.50. The van der Waals surface area contributed by atoms with Gasteiger partial charge in [-0.05, 0) is 62.4 Å². The highest BCUT2D eigenvalue weighted by Gasteiger charge is 2.33. The largest absolute Gasteiger partial charge is 0.483 e. The number of unbranched alkanes of at least 4 members (excludes halogenated alkanes) is 1. The number of hydrogen-bond acceptors (Lipinski definition) is 9. The number of nitrogens with zero attached hydrogens (tertiary/aromatic N) is 4. The number of furan rings is 1. The first kappa shape index (κ1) is 35.2. The molecule has 0 saturated carbocycles. The summed E-state index contributed by atoms with van der Waals surface area (Å²) in [6.07, 6.45) is 3.93. The zero-order valence-electron chi connectivity index (χ0n) is 27.9. The molecule has 2 aromatic heterocycles. The fraction of sp³-hybridized carbons (Fsp3) is 0.486. The van der Waals surface area contributed by atoms with Crippen LogP contribution in [0.1, 0.15) is 73.3 Å². The Morgan fingerprint density at radius 3 is 2.55 bits per heavy atom. The molecule has 2 aliphatic rings. The molecule has 2 unspecified atom stereocenters. The lowest BCUT2D eigenvalue weighted by Crippen LogP contribution is -2.56. The molecule has 49 heavy (non-hydrogen) atoms. The van der Waals surface area contributed by atoms with Crippen LogP contribution in [-0.4, -0.2) is 107 Å². The number of hydrogen-bond donors (Lipinski definition) is 2. The van der Waals surface area contributed by atoms with Crippen molar-refractivity contribution in [3.63, 3.8) is 0 Å². The molecular weight excluding hydrogens is 634 g/mol. The third kappa shape index (κ3) is 8.86. The van der Waals surface area contributed by atoms with Crippen LogP contribution in [0.2, 0.25) is 0 Å². The van der Waals surface area contributed by atoms with E-state index in [1.54, 1.807) is 29.4 Å². The molecule has 2 fully saturated rings. The van der Waals surface area contributed by atoms with Crippen molar-refractivity contribution in [3.8, 4) is 5.75 Å². The zero-order valence-corrected chi connectivity index (χ0v) is 27.9. The molecule has 2 saturated heterocycles. The molecule has 3 aromatic rings. The van der Waals surface area contributed by atoms with Crippen LogP contribution in [-0.2, 0) is 19.1 Å². The van der Waals surface area contributed by atoms with E-state index in [1.165, 1.54) is 15.9 Å². The molecule has 2 aliphatic heterocycles. The molecule has 2 atom stereocenters. The number of carbonyl (C=O) groups excluding carboxylic acids is 4. The highest BCUT2D eigenvalue weighted by molar-refractivity contribution is 5.99. The fourth-order valence-corrected chi connectivity index (χ4v) is 6.09. The molecule has 4 heterocycles. The Morgan fingerprint density at radius 1 is 1.06 bits per heavy atom. The Hall–Kier alpha value is -5.14. The third-order valence-electron chi connectivity index (χ3n) is 8.78. The summed E-state index contributed by atoms with van der Waals surface area (Å²) in [7, 11) is 0. The highest BCUT2D eigenvalue weighted by Crippen LogP contribution is 2.33. The number of aliphatic carboxylic acids is 1. The number of rotatable bonds is 13. The van der Waals surface area contributed by atoms with E-state index in [9.17, 15) is 29.1 Å². The van der Waals surface area contributed by atoms with Crippen LogP contribution in [0, 0.1) is 6.92 Å². The summed E-state index contributed by atoms with van der Waals surface area (Å²) >= 11 is 0. The molecule has 14 nitrogen and oxygen atoms in total. The van der Waals surface area contributed by atoms with Crippen LogP contribution in [0.3, 0.4) is 0 Å². The third-order valence-corrected chi connectivity index (χ3v) is 8.78. The monoisotopic (exact) mass is 677 g/mol. The van der Waals surface area contributed by atoms with Crippen LogP contribution in [0.15, 0.2) is 47.1 Å². The zero-order chi connectivity index (χ0) is 34.9. The second-order valence-corrected chi connectivity index (χ2v) is 12.3. The predicted molar refractivity (Wildman–Crippen MR) is 177 cm³/mol. The minimum Gasteiger partial charge on any atom is -0.483 e. The Balaban J connectivity index is 1.29. The molecule has 262 valence electrons. The van der Waals surface area contributed by atoms with Gasteiger partial charge in [-0.15, -0.1) is 0 Å². The molecule has 0 radical (unpaired) electrons. The Labute approximate surface area is 284 Å². The maximum absolute atomic E-state index is 13.7. The predicted octanol–water partition coefficient (Wildman–Crippen LogP) is 3.92. The lowest BCUT2D eigenvalue weighted by Gasteiger charge is -2.36. The van der Waals surface area contributed by atoms with E-state index in [4.69, 9.17) is 13.9 Å². The van der Waals surface area contributed by atoms with Crippen molar-refractivity contribution in [3.05, 3.63) is 59.7 Å². The SMILES string of the molecule is CCCCOC(=O)N1CCN(C(=O)C(CCC(=O)O)NC(=O)c2cc(OCC(=O)N3CCCC3c3ccco3)c3ccc(C)cc3n2)CC1. The molecule has 0 spiro atoms. The van der Waals surface area contributed by atoms with Gasteiger partial charge in [-0.25, -0.2) is 9.78 Å². The number of aromatic nitrogens is 1. The fourth-order valence-electron chi connectivity index (χ4n) is 6.09. The molecule has 1 aromatic carbocycles. The summed E-state index contributed by atoms with van der Waals surface area (Å²) in [4.78, 5) is 73.6. The van der Waals surface area contributed by atoms with E-state index >= 15 is 0 Å². The van der Waals surface area contributed by atoms with Crippen molar-refractivity contribution in [2.75, 3.05) is 45.9 Å². The number of carboxylic acids is 1. The van der Waals surface area contributed by atoms with Crippen LogP contribution in [0.25, 0.3) is 10.9 Å². The number of piperazine rings is 1. The summed E-state index contributed by atoms with van der Waals surface area (Å²) in [6.45, 7) is 5.42. The minimum atomic E-state index is -1.15. The van der Waals surface area contributed by atoms with Gasteiger partial charge in [-0.1, -0.05) is 19.4 Å². The van der Waals surface area contributed by atoms with Crippen LogP contribution < -0.4 is 10.1 Å². The lowest BCUT2D eigenvalue weighted by molar-refractivity contribution is -0.138. The number of aryl methyl sites for hydroxylation is 1. The Kier molecular flexibility index (Phi) is 11.7. The Morgan fingerprint density at radius 2 is 1.84 bits per heavy atom. The molecule has 5 rings (SSSR count). The maximum atomic E-state index is 13.7. The topological polar surface area (TPSA) is 172 Å². The average molecular weight is 678 g/mol. The summed E-state index contributed by atoms with van der Waals surface area (Å²) in [5, 5.41) is 12.7. The molecule has 0 aliphatic carbocycles. The van der Waals surface area contributed by atoms with Crippen LogP contribution in [0.5, 0.6) is 5.75 Å². The van der Waals surface area contributed by atoms with Gasteiger partial charge in [-0.3, -0.25) is 19.2 Å². The van der Waals surface area contributed by atoms with E-state index in [0.29, 0.717) is 29.8 Å². The van der Waals surface area contributed by atoms with Gasteiger partial charge in [-0.2, -0.15) is 0 Å². The smallest absolute Gasteiger partial charge is 0.409 e. The van der Waals surface area contributed by atoms with Crippen molar-refractivity contribution in [1.82, 2.24) is 25.0 Å². The normalized spacial score (nSPS) is 16.8. The van der Waals surface area contributed by atoms with E-state index in [2.05, 4.69) is 10.3 Å². The number of nitrogens with one attached hydrogen (secondary N) is 1. The van der Waals surface area contributed by atoms with Gasteiger partial charge in [0.2, 0.25) is 5.91 Å². The van der Waals surface area contributed by atoms with E-state index in [0.717, 1.165) is 31.2 Å². The van der Waals surface area contributed by atoms with Gasteiger partial charge in [0.1, 0.15) is 23.2 Å². The summed E-state index contributed by atoms with van der Waals surface area (Å²) < 4.78 is 16.9. The maximum Gasteiger partial charge on any atom is 0.409 e. The number of pyridine rings is 1. The van der Waals surface area contributed by atoms with Crippen molar-refractivity contribution in [1.29, 1.82) is 0 Å². The first-order valence-electron chi connectivity index (χ1n) is 16.7. The summed E-state index contributed by atoms with van der Waals surface area (Å²) in [6, 6.07) is 9.20. The number of amides is 4. The van der Waals surface area contributed by atoms with Crippen molar-refractivity contribution in [2.45, 2.75) is 64.5 Å². The Bertz CT molecular complexity index is 1650. The van der Waals surface area contributed by atoms with E-state index in [-0.39, 0.29) is 69.0 Å². The van der Waals surface area contributed by atoms with Gasteiger partial charge >= 0.3 is 12.1 Å². The molecule has 0 bridgehead atoms. The number of carbonyl (C=O) groups is 5. The van der Waals surface area contributed by atoms with Gasteiger partial charge in [0.05, 0.1) is 24.4 Å². The highest BCUT2D eigenvalue weighted by atomic mass is 16.6. The standard InChI is InChI=1S/C35H43N5O9/c1-3-4-18-48-35(46)39-16-14-38(15-17-39)34(45)25(11-12-32(42)43)37-33(44)27-21-30(24-10-9-23(2)20-26(24)36-27)49-22-31(41)40-13-5-7-28(40)29-8-6-19-47-29/h6,8-10,19-21,25,28H,3-5,7,11-18,22H2,1-2H3,(H,37,44)(H,42,43). The van der Waals surface area contributed by atoms with Gasteiger partial charge in [0, 0.05) is 50.6 Å². The lowest BCUT2D eigenvalue weighted by atomic mass is 10.1. The van der Waals surface area contributed by atoms with Crippen molar-refractivity contribution < 1.29 is 43.0 Å². The van der Waals surface area contributed by atoms with Crippen molar-refractivity contribution >= 4 is 40.7 Å². The summed E-state index contributed by atoms with van der Waals surface area (Å²) in [5.41, 5.74) is 1.30. The number of fused-ring (bicyclic) bond motifs is 1.